The van der Waals surface area contributed by atoms with Crippen molar-refractivity contribution >= 4 is 6.09 Å². The second kappa shape index (κ2) is 4.24. The molecule has 2 fully saturated rings. The first-order valence-electron chi connectivity index (χ1n) is 6.18. The lowest BCUT2D eigenvalue weighted by molar-refractivity contribution is 0.0115. The van der Waals surface area contributed by atoms with Gasteiger partial charge < -0.3 is 15.0 Å². The number of amides is 1. The lowest BCUT2D eigenvalue weighted by Gasteiger charge is -2.42. The van der Waals surface area contributed by atoms with Gasteiger partial charge in [-0.2, -0.15) is 0 Å². The number of nitrogens with one attached hydrogen (secondary N) is 1. The van der Waals surface area contributed by atoms with Gasteiger partial charge in [-0.3, -0.25) is 0 Å². The fraction of sp³-hybridized carbons (Fsp3) is 0.917. The molecule has 0 aromatic rings. The van der Waals surface area contributed by atoms with Crippen LogP contribution in [0.2, 0.25) is 0 Å². The minimum Gasteiger partial charge on any atom is -0.444 e. The van der Waals surface area contributed by atoms with E-state index in [1.807, 2.05) is 25.7 Å². The first-order valence-corrected chi connectivity index (χ1v) is 6.18. The molecule has 4 heteroatoms. The Hall–Kier alpha value is -0.770. The van der Waals surface area contributed by atoms with Gasteiger partial charge in [-0.15, -0.1) is 0 Å². The van der Waals surface area contributed by atoms with Crippen LogP contribution in [0.3, 0.4) is 0 Å². The number of rotatable bonds is 0. The molecule has 2 heterocycles. The molecule has 2 aliphatic rings. The van der Waals surface area contributed by atoms with E-state index in [1.54, 1.807) is 0 Å². The molecule has 0 radical (unpaired) electrons. The fourth-order valence-electron chi connectivity index (χ4n) is 2.48. The molecule has 4 nitrogen and oxygen atoms in total. The predicted octanol–water partition coefficient (Wildman–Crippen LogP) is 1.75. The largest absolute Gasteiger partial charge is 0.444 e. The summed E-state index contributed by atoms with van der Waals surface area (Å²) in [6.07, 6.45) is 3.47. The summed E-state index contributed by atoms with van der Waals surface area (Å²) >= 11 is 0. The van der Waals surface area contributed by atoms with Crippen LogP contribution in [0.25, 0.3) is 0 Å². The maximum Gasteiger partial charge on any atom is 0.410 e. The van der Waals surface area contributed by atoms with Crippen LogP contribution in [0.1, 0.15) is 40.0 Å². The van der Waals surface area contributed by atoms with Crippen molar-refractivity contribution in [2.24, 2.45) is 0 Å². The number of nitrogens with zero attached hydrogens (tertiary/aromatic N) is 1. The molecule has 1 N–H and O–H groups in total. The molecule has 0 spiro atoms. The van der Waals surface area contributed by atoms with Gasteiger partial charge in [-0.25, -0.2) is 4.79 Å². The molecular weight excluding hydrogens is 204 g/mol. The van der Waals surface area contributed by atoms with Crippen molar-refractivity contribution in [3.8, 4) is 0 Å². The summed E-state index contributed by atoms with van der Waals surface area (Å²) in [7, 11) is 0. The van der Waals surface area contributed by atoms with Crippen molar-refractivity contribution < 1.29 is 9.53 Å². The van der Waals surface area contributed by atoms with Gasteiger partial charge in [0.2, 0.25) is 0 Å². The van der Waals surface area contributed by atoms with Crippen molar-refractivity contribution in [2.45, 2.75) is 57.7 Å². The molecule has 0 saturated carbocycles. The summed E-state index contributed by atoms with van der Waals surface area (Å²) in [6.45, 7) is 7.33. The molecular formula is C12H22N2O2. The number of carbonyl (C=O) groups is 1. The quantitative estimate of drug-likeness (QED) is 0.684. The molecule has 92 valence electrons. The molecule has 0 aromatic heterocycles. The van der Waals surface area contributed by atoms with E-state index >= 15 is 0 Å². The van der Waals surface area contributed by atoms with Gasteiger partial charge in [0.25, 0.3) is 0 Å². The number of ether oxygens (including phenoxy) is 1. The Morgan fingerprint density at radius 1 is 1.25 bits per heavy atom. The van der Waals surface area contributed by atoms with Crippen LogP contribution < -0.4 is 5.32 Å². The summed E-state index contributed by atoms with van der Waals surface area (Å²) in [5, 5.41) is 3.55. The molecule has 1 amide bonds. The summed E-state index contributed by atoms with van der Waals surface area (Å²) in [6, 6.07) is 0.944. The van der Waals surface area contributed by atoms with E-state index in [1.165, 1.54) is 19.3 Å². The monoisotopic (exact) mass is 226 g/mol. The normalized spacial score (nSPS) is 30.1. The zero-order valence-corrected chi connectivity index (χ0v) is 10.5. The molecule has 16 heavy (non-hydrogen) atoms. The number of hydrogen-bond donors (Lipinski definition) is 1. The second-order valence-electron chi connectivity index (χ2n) is 5.88. The Kier molecular flexibility index (Phi) is 3.10. The average Bonchev–Trinajstić information content (AvgIpc) is 2.14. The Morgan fingerprint density at radius 3 is 2.31 bits per heavy atom. The topological polar surface area (TPSA) is 41.6 Å². The molecule has 0 aromatic carbocycles. The Balaban J connectivity index is 1.92. The fourth-order valence-corrected chi connectivity index (χ4v) is 2.48. The Labute approximate surface area is 97.3 Å². The zero-order chi connectivity index (χ0) is 11.8. The van der Waals surface area contributed by atoms with Gasteiger partial charge >= 0.3 is 6.09 Å². The standard InChI is InChI=1S/C12H22N2O2/c1-12(2,3)16-11(15)14-7-9-5-4-6-10(8-14)13-9/h9-10,13H,4-8H2,1-3H3/t9-,10+. The van der Waals surface area contributed by atoms with E-state index in [0.717, 1.165) is 13.1 Å². The summed E-state index contributed by atoms with van der Waals surface area (Å²) in [4.78, 5) is 13.8. The Bertz CT molecular complexity index is 261. The van der Waals surface area contributed by atoms with Crippen molar-refractivity contribution in [2.75, 3.05) is 13.1 Å². The predicted molar refractivity (Wildman–Crippen MR) is 62.4 cm³/mol. The molecule has 2 bridgehead atoms. The maximum absolute atomic E-state index is 11.9. The third-order valence-electron chi connectivity index (χ3n) is 3.11. The Morgan fingerprint density at radius 2 is 1.81 bits per heavy atom. The van der Waals surface area contributed by atoms with E-state index in [4.69, 9.17) is 4.74 Å². The van der Waals surface area contributed by atoms with E-state index in [9.17, 15) is 4.79 Å². The third-order valence-corrected chi connectivity index (χ3v) is 3.11. The van der Waals surface area contributed by atoms with Gasteiger partial charge in [0.15, 0.2) is 0 Å². The number of hydrogen-bond acceptors (Lipinski definition) is 3. The zero-order valence-electron chi connectivity index (χ0n) is 10.5. The lowest BCUT2D eigenvalue weighted by Crippen LogP contribution is -2.60. The van der Waals surface area contributed by atoms with Gasteiger partial charge in [0, 0.05) is 25.2 Å². The van der Waals surface area contributed by atoms with Gasteiger partial charge in [-0.05, 0) is 33.6 Å². The van der Waals surface area contributed by atoms with Gasteiger partial charge in [-0.1, -0.05) is 6.42 Å². The van der Waals surface area contributed by atoms with E-state index < -0.39 is 5.60 Å². The van der Waals surface area contributed by atoms with E-state index in [0.29, 0.717) is 12.1 Å². The number of piperazine rings is 1. The third kappa shape index (κ3) is 2.88. The SMILES string of the molecule is CC(C)(C)OC(=O)N1C[C@H]2CCC[C@@H](C1)N2. The van der Waals surface area contributed by atoms with Crippen LogP contribution >= 0.6 is 0 Å². The van der Waals surface area contributed by atoms with Crippen LogP contribution in [-0.4, -0.2) is 41.8 Å². The van der Waals surface area contributed by atoms with Crippen LogP contribution in [0.5, 0.6) is 0 Å². The van der Waals surface area contributed by atoms with Crippen molar-refractivity contribution in [3.63, 3.8) is 0 Å². The molecule has 2 atom stereocenters. The maximum atomic E-state index is 11.9. The minimum atomic E-state index is -0.392. The van der Waals surface area contributed by atoms with E-state index in [-0.39, 0.29) is 6.09 Å². The van der Waals surface area contributed by atoms with E-state index in [2.05, 4.69) is 5.32 Å². The van der Waals surface area contributed by atoms with Gasteiger partial charge in [0.1, 0.15) is 5.60 Å². The highest BCUT2D eigenvalue weighted by Crippen LogP contribution is 2.21. The minimum absolute atomic E-state index is 0.161. The summed E-state index contributed by atoms with van der Waals surface area (Å²) < 4.78 is 5.40. The highest BCUT2D eigenvalue weighted by Gasteiger charge is 2.33. The number of piperidine rings is 1. The van der Waals surface area contributed by atoms with Crippen molar-refractivity contribution in [1.82, 2.24) is 10.2 Å². The second-order valence-corrected chi connectivity index (χ2v) is 5.88. The molecule has 0 unspecified atom stereocenters. The number of carbonyl (C=O) groups excluding carboxylic acids is 1. The first-order chi connectivity index (χ1) is 7.44. The first kappa shape index (κ1) is 11.7. The van der Waals surface area contributed by atoms with Crippen LogP contribution in [0.15, 0.2) is 0 Å². The van der Waals surface area contributed by atoms with Crippen molar-refractivity contribution in [1.29, 1.82) is 0 Å². The lowest BCUT2D eigenvalue weighted by atomic mass is 9.94. The molecule has 2 aliphatic heterocycles. The summed E-state index contributed by atoms with van der Waals surface area (Å²) in [5.41, 5.74) is -0.392. The van der Waals surface area contributed by atoms with Crippen LogP contribution in [0, 0.1) is 0 Å². The summed E-state index contributed by atoms with van der Waals surface area (Å²) in [5.74, 6) is 0. The molecule has 2 rings (SSSR count). The number of fused-ring (bicyclic) bond motifs is 2. The highest BCUT2D eigenvalue weighted by molar-refractivity contribution is 5.68. The highest BCUT2D eigenvalue weighted by atomic mass is 16.6. The number of likely N-dealkylation sites (tertiary alicyclic amines) is 1. The smallest absolute Gasteiger partial charge is 0.410 e. The van der Waals surface area contributed by atoms with Crippen LogP contribution in [0.4, 0.5) is 4.79 Å². The molecule has 0 aliphatic carbocycles. The molecule has 2 saturated heterocycles. The van der Waals surface area contributed by atoms with Crippen molar-refractivity contribution in [3.05, 3.63) is 0 Å². The van der Waals surface area contributed by atoms with Gasteiger partial charge in [0.05, 0.1) is 0 Å². The van der Waals surface area contributed by atoms with Crippen LogP contribution in [-0.2, 0) is 4.74 Å². The average molecular weight is 226 g/mol.